The number of carbonyl (C=O) groups is 1. The van der Waals surface area contributed by atoms with Crippen LogP contribution < -0.4 is 14.8 Å². The number of hydrogen-bond acceptors (Lipinski definition) is 5. The maximum atomic E-state index is 11.6. The molecule has 0 bridgehead atoms. The second kappa shape index (κ2) is 7.63. The summed E-state index contributed by atoms with van der Waals surface area (Å²) < 4.78 is 15.7. The highest BCUT2D eigenvalue weighted by molar-refractivity contribution is 5.74. The van der Waals surface area contributed by atoms with E-state index in [2.05, 4.69) is 5.32 Å². The van der Waals surface area contributed by atoms with Gasteiger partial charge in [0, 0.05) is 18.2 Å². The Morgan fingerprint density at radius 3 is 2.74 bits per heavy atom. The molecule has 0 amide bonds. The predicted molar refractivity (Wildman–Crippen MR) is 72.5 cm³/mol. The summed E-state index contributed by atoms with van der Waals surface area (Å²) in [6.45, 7) is 4.42. The van der Waals surface area contributed by atoms with Crippen molar-refractivity contribution in [3.63, 3.8) is 0 Å². The lowest BCUT2D eigenvalue weighted by atomic mass is 10.2. The van der Waals surface area contributed by atoms with Gasteiger partial charge >= 0.3 is 5.97 Å². The fraction of sp³-hybridized carbons (Fsp3) is 0.500. The Labute approximate surface area is 113 Å². The molecule has 0 aliphatic heterocycles. The average Bonchev–Trinajstić information content (AvgIpc) is 2.41. The Balaban J connectivity index is 2.87. The van der Waals surface area contributed by atoms with Crippen molar-refractivity contribution in [1.29, 1.82) is 0 Å². The van der Waals surface area contributed by atoms with Crippen LogP contribution in [-0.2, 0) is 16.1 Å². The molecule has 1 aromatic rings. The summed E-state index contributed by atoms with van der Waals surface area (Å²) in [5, 5.41) is 3.05. The first-order valence-corrected chi connectivity index (χ1v) is 6.27. The Morgan fingerprint density at radius 1 is 1.42 bits per heavy atom. The first kappa shape index (κ1) is 15.3. The number of ether oxygens (including phenoxy) is 3. The highest BCUT2D eigenvalue weighted by Gasteiger charge is 2.17. The van der Waals surface area contributed by atoms with Gasteiger partial charge in [0.2, 0.25) is 0 Å². The summed E-state index contributed by atoms with van der Waals surface area (Å²) in [6.07, 6.45) is -0.650. The second-order valence-electron chi connectivity index (χ2n) is 4.02. The van der Waals surface area contributed by atoms with Gasteiger partial charge in [-0.2, -0.15) is 0 Å². The molecule has 0 fully saturated rings. The van der Waals surface area contributed by atoms with Gasteiger partial charge in [0.1, 0.15) is 11.5 Å². The van der Waals surface area contributed by atoms with E-state index in [1.54, 1.807) is 27.0 Å². The lowest BCUT2D eigenvalue weighted by Gasteiger charge is -2.17. The number of benzene rings is 1. The van der Waals surface area contributed by atoms with Gasteiger partial charge in [0.05, 0.1) is 13.7 Å². The van der Waals surface area contributed by atoms with E-state index in [0.717, 1.165) is 5.56 Å². The first-order chi connectivity index (χ1) is 9.12. The number of hydrogen-bond donors (Lipinski definition) is 1. The fourth-order valence-electron chi connectivity index (χ4n) is 1.61. The molecular formula is C14H21NO4. The van der Waals surface area contributed by atoms with Crippen LogP contribution in [0.4, 0.5) is 0 Å². The molecule has 19 heavy (non-hydrogen) atoms. The molecule has 1 N–H and O–H groups in total. The van der Waals surface area contributed by atoms with Crippen LogP contribution in [0.3, 0.4) is 0 Å². The molecule has 5 nitrogen and oxygen atoms in total. The van der Waals surface area contributed by atoms with Gasteiger partial charge in [-0.15, -0.1) is 0 Å². The fourth-order valence-corrected chi connectivity index (χ4v) is 1.61. The lowest BCUT2D eigenvalue weighted by molar-refractivity contribution is -0.150. The van der Waals surface area contributed by atoms with Crippen molar-refractivity contribution in [2.75, 3.05) is 20.8 Å². The third kappa shape index (κ3) is 4.44. The van der Waals surface area contributed by atoms with E-state index in [1.807, 2.05) is 19.2 Å². The molecule has 0 aliphatic carbocycles. The second-order valence-corrected chi connectivity index (χ2v) is 4.02. The van der Waals surface area contributed by atoms with Crippen LogP contribution in [0.2, 0.25) is 0 Å². The highest BCUT2D eigenvalue weighted by Crippen LogP contribution is 2.26. The van der Waals surface area contributed by atoms with E-state index >= 15 is 0 Å². The number of esters is 1. The molecule has 0 radical (unpaired) electrons. The van der Waals surface area contributed by atoms with E-state index in [0.29, 0.717) is 24.7 Å². The molecule has 0 spiro atoms. The molecule has 1 rings (SSSR count). The summed E-state index contributed by atoms with van der Waals surface area (Å²) in [5.41, 5.74) is 0.958. The highest BCUT2D eigenvalue weighted by atomic mass is 16.6. The molecule has 1 aromatic carbocycles. The van der Waals surface area contributed by atoms with Gasteiger partial charge in [0.25, 0.3) is 0 Å². The van der Waals surface area contributed by atoms with Crippen molar-refractivity contribution >= 4 is 5.97 Å². The van der Waals surface area contributed by atoms with Gasteiger partial charge in [-0.05, 0) is 27.0 Å². The molecule has 0 aromatic heterocycles. The van der Waals surface area contributed by atoms with Crippen LogP contribution in [0.5, 0.6) is 11.5 Å². The maximum absolute atomic E-state index is 11.6. The monoisotopic (exact) mass is 267 g/mol. The van der Waals surface area contributed by atoms with Crippen LogP contribution in [0, 0.1) is 0 Å². The smallest absolute Gasteiger partial charge is 0.347 e. The van der Waals surface area contributed by atoms with Gasteiger partial charge in [0.15, 0.2) is 6.10 Å². The zero-order valence-corrected chi connectivity index (χ0v) is 11.9. The van der Waals surface area contributed by atoms with Crippen molar-refractivity contribution in [2.45, 2.75) is 26.5 Å². The topological polar surface area (TPSA) is 56.8 Å². The molecule has 1 atom stereocenters. The van der Waals surface area contributed by atoms with Gasteiger partial charge in [-0.25, -0.2) is 4.79 Å². The van der Waals surface area contributed by atoms with Crippen LogP contribution in [0.1, 0.15) is 19.4 Å². The quantitative estimate of drug-likeness (QED) is 0.763. The van der Waals surface area contributed by atoms with Crippen LogP contribution >= 0.6 is 0 Å². The van der Waals surface area contributed by atoms with E-state index in [-0.39, 0.29) is 5.97 Å². The summed E-state index contributed by atoms with van der Waals surface area (Å²) in [6, 6.07) is 5.53. The van der Waals surface area contributed by atoms with Gasteiger partial charge in [-0.3, -0.25) is 0 Å². The SMILES string of the molecule is CCOC(=O)C(C)Oc1cc(OC)ccc1CNC. The number of nitrogens with one attached hydrogen (secondary N) is 1. The summed E-state index contributed by atoms with van der Waals surface area (Å²) >= 11 is 0. The zero-order chi connectivity index (χ0) is 14.3. The number of carbonyl (C=O) groups excluding carboxylic acids is 1. The van der Waals surface area contributed by atoms with Crippen molar-refractivity contribution in [3.05, 3.63) is 23.8 Å². The van der Waals surface area contributed by atoms with E-state index in [1.165, 1.54) is 0 Å². The van der Waals surface area contributed by atoms with E-state index in [9.17, 15) is 4.79 Å². The standard InChI is InChI=1S/C14H21NO4/c1-5-18-14(16)10(2)19-13-8-12(17-4)7-6-11(13)9-15-3/h6-8,10,15H,5,9H2,1-4H3. The van der Waals surface area contributed by atoms with Gasteiger partial charge < -0.3 is 19.5 Å². The minimum absolute atomic E-state index is 0.341. The molecular weight excluding hydrogens is 246 g/mol. The molecule has 106 valence electrons. The van der Waals surface area contributed by atoms with Crippen molar-refractivity contribution in [1.82, 2.24) is 5.32 Å². The Bertz CT molecular complexity index is 420. The third-order valence-electron chi connectivity index (χ3n) is 2.56. The minimum Gasteiger partial charge on any atom is -0.497 e. The van der Waals surface area contributed by atoms with Gasteiger partial charge in [-0.1, -0.05) is 6.07 Å². The molecule has 0 saturated carbocycles. The van der Waals surface area contributed by atoms with Crippen LogP contribution in [-0.4, -0.2) is 32.8 Å². The minimum atomic E-state index is -0.650. The Morgan fingerprint density at radius 2 is 2.16 bits per heavy atom. The normalized spacial score (nSPS) is 11.8. The molecule has 5 heteroatoms. The summed E-state index contributed by atoms with van der Waals surface area (Å²) in [7, 11) is 3.44. The first-order valence-electron chi connectivity index (χ1n) is 6.27. The largest absolute Gasteiger partial charge is 0.497 e. The van der Waals surface area contributed by atoms with Crippen LogP contribution in [0.15, 0.2) is 18.2 Å². The Hall–Kier alpha value is -1.75. The third-order valence-corrected chi connectivity index (χ3v) is 2.56. The maximum Gasteiger partial charge on any atom is 0.347 e. The van der Waals surface area contributed by atoms with Crippen molar-refractivity contribution < 1.29 is 19.0 Å². The number of rotatable bonds is 7. The van der Waals surface area contributed by atoms with Crippen LogP contribution in [0.25, 0.3) is 0 Å². The van der Waals surface area contributed by atoms with E-state index < -0.39 is 6.10 Å². The molecule has 0 saturated heterocycles. The molecule has 0 heterocycles. The lowest BCUT2D eigenvalue weighted by Crippen LogP contribution is -2.26. The summed E-state index contributed by atoms with van der Waals surface area (Å²) in [4.78, 5) is 11.6. The number of methoxy groups -OCH3 is 1. The predicted octanol–water partition coefficient (Wildman–Crippen LogP) is 1.74. The van der Waals surface area contributed by atoms with Crippen molar-refractivity contribution in [3.8, 4) is 11.5 Å². The Kier molecular flexibility index (Phi) is 6.15. The molecule has 1 unspecified atom stereocenters. The van der Waals surface area contributed by atoms with Crippen molar-refractivity contribution in [2.24, 2.45) is 0 Å². The zero-order valence-electron chi connectivity index (χ0n) is 11.9. The molecule has 0 aliphatic rings. The van der Waals surface area contributed by atoms with E-state index in [4.69, 9.17) is 14.2 Å². The average molecular weight is 267 g/mol. The summed E-state index contributed by atoms with van der Waals surface area (Å²) in [5.74, 6) is 0.931.